The first-order valence-electron chi connectivity index (χ1n) is 13.7. The normalized spacial score (nSPS) is 14.6. The van der Waals surface area contributed by atoms with Crippen LogP contribution in [0.3, 0.4) is 0 Å². The van der Waals surface area contributed by atoms with Crippen LogP contribution in [0, 0.1) is 6.92 Å². The number of rotatable bonds is 13. The van der Waals surface area contributed by atoms with Crippen LogP contribution in [0.15, 0.2) is 59.6 Å². The predicted molar refractivity (Wildman–Crippen MR) is 163 cm³/mol. The van der Waals surface area contributed by atoms with Gasteiger partial charge in [-0.15, -0.1) is 0 Å². The third kappa shape index (κ3) is 6.94. The molecule has 1 fully saturated rings. The monoisotopic (exact) mass is 547 g/mol. The van der Waals surface area contributed by atoms with E-state index < -0.39 is 0 Å². The maximum atomic E-state index is 13.3. The molecule has 200 valence electrons. The molecular weight excluding hydrogens is 510 g/mol. The predicted octanol–water partition coefficient (Wildman–Crippen LogP) is 8.20. The molecule has 0 saturated carbocycles. The van der Waals surface area contributed by atoms with Gasteiger partial charge in [-0.1, -0.05) is 88.1 Å². The number of aromatic nitrogens is 2. The summed E-state index contributed by atoms with van der Waals surface area (Å²) in [6, 6.07) is 16.2. The van der Waals surface area contributed by atoms with Gasteiger partial charge in [0.05, 0.1) is 17.2 Å². The Morgan fingerprint density at radius 1 is 1.00 bits per heavy atom. The van der Waals surface area contributed by atoms with Gasteiger partial charge >= 0.3 is 0 Å². The summed E-state index contributed by atoms with van der Waals surface area (Å²) in [5.74, 6) is 0.877. The van der Waals surface area contributed by atoms with E-state index in [1.807, 2.05) is 59.4 Å². The number of aryl methyl sites for hydroxylation is 1. The smallest absolute Gasteiger partial charge is 0.266 e. The lowest BCUT2D eigenvalue weighted by Crippen LogP contribution is -2.29. The zero-order valence-electron chi connectivity index (χ0n) is 22.6. The largest absolute Gasteiger partial charge is 0.493 e. The van der Waals surface area contributed by atoms with Crippen molar-refractivity contribution in [1.29, 1.82) is 0 Å². The van der Waals surface area contributed by atoms with Crippen molar-refractivity contribution in [3.05, 3.63) is 70.8 Å². The summed E-state index contributed by atoms with van der Waals surface area (Å²) in [7, 11) is 0. The fraction of sp³-hybridized carbons (Fsp3) is 0.387. The van der Waals surface area contributed by atoms with Crippen LogP contribution in [0.25, 0.3) is 23.0 Å². The molecule has 0 N–H and O–H groups in total. The molecule has 2 aromatic carbocycles. The zero-order valence-corrected chi connectivity index (χ0v) is 24.2. The number of thiocarbonyl (C=S) groups is 1. The van der Waals surface area contributed by atoms with Crippen LogP contribution < -0.4 is 4.74 Å². The summed E-state index contributed by atoms with van der Waals surface area (Å²) in [6.07, 6.45) is 12.0. The van der Waals surface area contributed by atoms with Crippen molar-refractivity contribution in [2.24, 2.45) is 0 Å². The Bertz CT molecular complexity index is 1280. The number of amides is 1. The van der Waals surface area contributed by atoms with E-state index in [1.54, 1.807) is 4.90 Å². The molecular formula is C31H37N3O2S2. The highest BCUT2D eigenvalue weighted by atomic mass is 32.2. The maximum absolute atomic E-state index is 13.3. The zero-order chi connectivity index (χ0) is 26.9. The number of hydrogen-bond acceptors (Lipinski definition) is 5. The van der Waals surface area contributed by atoms with Crippen LogP contribution in [0.1, 0.15) is 69.9 Å². The molecule has 0 aliphatic carbocycles. The molecule has 2 heterocycles. The summed E-state index contributed by atoms with van der Waals surface area (Å²) >= 11 is 6.98. The molecule has 38 heavy (non-hydrogen) atoms. The fourth-order valence-corrected chi connectivity index (χ4v) is 5.78. The van der Waals surface area contributed by atoms with Gasteiger partial charge in [-0.05, 0) is 61.7 Å². The number of nitrogens with zero attached hydrogens (tertiary/aromatic N) is 3. The second kappa shape index (κ2) is 13.8. The molecule has 0 unspecified atom stereocenters. The van der Waals surface area contributed by atoms with Gasteiger partial charge in [0, 0.05) is 23.9 Å². The molecule has 1 aliphatic rings. The summed E-state index contributed by atoms with van der Waals surface area (Å²) in [5, 5.41) is 4.94. The third-order valence-corrected chi connectivity index (χ3v) is 7.95. The highest BCUT2D eigenvalue weighted by Gasteiger charge is 2.32. The van der Waals surface area contributed by atoms with Crippen LogP contribution in [0.5, 0.6) is 5.75 Å². The van der Waals surface area contributed by atoms with Gasteiger partial charge in [-0.25, -0.2) is 4.68 Å². The van der Waals surface area contributed by atoms with Crippen molar-refractivity contribution in [3.8, 4) is 22.7 Å². The van der Waals surface area contributed by atoms with Crippen LogP contribution in [0.4, 0.5) is 0 Å². The van der Waals surface area contributed by atoms with Gasteiger partial charge in [0.15, 0.2) is 0 Å². The molecule has 0 spiro atoms. The molecule has 0 radical (unpaired) electrons. The number of carbonyl (C=O) groups excluding carboxylic acids is 1. The molecule has 1 aliphatic heterocycles. The van der Waals surface area contributed by atoms with E-state index in [1.165, 1.54) is 37.4 Å². The number of para-hydroxylation sites is 1. The van der Waals surface area contributed by atoms with Gasteiger partial charge in [-0.3, -0.25) is 9.69 Å². The molecule has 5 nitrogen and oxygen atoms in total. The van der Waals surface area contributed by atoms with Crippen molar-refractivity contribution in [3.63, 3.8) is 0 Å². The number of thioether (sulfide) groups is 1. The highest BCUT2D eigenvalue weighted by Crippen LogP contribution is 2.36. The molecule has 1 amide bonds. The lowest BCUT2D eigenvalue weighted by atomic mass is 10.0. The summed E-state index contributed by atoms with van der Waals surface area (Å²) in [5.41, 5.74) is 4.70. The Balaban J connectivity index is 1.60. The highest BCUT2D eigenvalue weighted by molar-refractivity contribution is 8.26. The van der Waals surface area contributed by atoms with Gasteiger partial charge in [0.2, 0.25) is 0 Å². The number of benzene rings is 2. The van der Waals surface area contributed by atoms with Crippen molar-refractivity contribution in [2.75, 3.05) is 13.2 Å². The van der Waals surface area contributed by atoms with E-state index in [9.17, 15) is 4.79 Å². The standard InChI is InChI=1S/C31H37N3O2S2/c1-4-6-7-8-9-13-18-33-30(35)28(38-31(33)37)21-25-22-34(26-14-11-10-12-15-26)32-29(25)24-16-17-27(23(3)20-24)36-19-5-2/h10-12,14-17,20-22H,4-9,13,18-19H2,1-3H3/b28-21-. The van der Waals surface area contributed by atoms with Crippen molar-refractivity contribution in [2.45, 2.75) is 65.7 Å². The minimum absolute atomic E-state index is 0.00790. The fourth-order valence-electron chi connectivity index (χ4n) is 4.49. The lowest BCUT2D eigenvalue weighted by Gasteiger charge is -2.14. The Labute approximate surface area is 236 Å². The van der Waals surface area contributed by atoms with Crippen molar-refractivity contribution < 1.29 is 9.53 Å². The molecule has 7 heteroatoms. The maximum Gasteiger partial charge on any atom is 0.266 e. The van der Waals surface area contributed by atoms with Crippen LogP contribution in [0.2, 0.25) is 0 Å². The molecule has 0 atom stereocenters. The topological polar surface area (TPSA) is 47.4 Å². The first-order chi connectivity index (χ1) is 18.5. The van der Waals surface area contributed by atoms with E-state index in [4.69, 9.17) is 22.1 Å². The molecule has 1 aromatic heterocycles. The molecule has 0 bridgehead atoms. The Morgan fingerprint density at radius 3 is 2.50 bits per heavy atom. The second-order valence-electron chi connectivity index (χ2n) is 9.64. The average molecular weight is 548 g/mol. The van der Waals surface area contributed by atoms with Crippen molar-refractivity contribution >= 4 is 40.3 Å². The molecule has 1 saturated heterocycles. The Morgan fingerprint density at radius 2 is 1.76 bits per heavy atom. The average Bonchev–Trinajstić information content (AvgIpc) is 3.46. The SMILES string of the molecule is CCCCCCCCN1C(=O)/C(=C/c2cn(-c3ccccc3)nc2-c2ccc(OCCC)c(C)c2)SC1=S. The third-order valence-electron chi connectivity index (χ3n) is 6.57. The number of hydrogen-bond donors (Lipinski definition) is 0. The van der Waals surface area contributed by atoms with E-state index in [-0.39, 0.29) is 5.91 Å². The first-order valence-corrected chi connectivity index (χ1v) is 14.9. The first kappa shape index (κ1) is 28.1. The van der Waals surface area contributed by atoms with Crippen LogP contribution in [-0.2, 0) is 4.79 Å². The Kier molecular flexibility index (Phi) is 10.2. The number of ether oxygens (including phenoxy) is 1. The minimum Gasteiger partial charge on any atom is -0.493 e. The molecule has 3 aromatic rings. The quantitative estimate of drug-likeness (QED) is 0.123. The molecule has 4 rings (SSSR count). The van der Waals surface area contributed by atoms with Crippen molar-refractivity contribution in [1.82, 2.24) is 14.7 Å². The van der Waals surface area contributed by atoms with Gasteiger partial charge in [0.1, 0.15) is 15.8 Å². The summed E-state index contributed by atoms with van der Waals surface area (Å²) in [6.45, 7) is 7.75. The van der Waals surface area contributed by atoms with Crippen LogP contribution >= 0.6 is 24.0 Å². The van der Waals surface area contributed by atoms with E-state index in [2.05, 4.69) is 26.8 Å². The van der Waals surface area contributed by atoms with E-state index in [0.717, 1.165) is 53.1 Å². The summed E-state index contributed by atoms with van der Waals surface area (Å²) < 4.78 is 8.39. The van der Waals surface area contributed by atoms with Gasteiger partial charge in [-0.2, -0.15) is 5.10 Å². The Hall–Kier alpha value is -2.90. The minimum atomic E-state index is -0.00790. The number of carbonyl (C=O) groups is 1. The second-order valence-corrected chi connectivity index (χ2v) is 11.3. The van der Waals surface area contributed by atoms with Gasteiger partial charge in [0.25, 0.3) is 5.91 Å². The van der Waals surface area contributed by atoms with E-state index in [0.29, 0.717) is 22.4 Å². The van der Waals surface area contributed by atoms with E-state index >= 15 is 0 Å². The lowest BCUT2D eigenvalue weighted by molar-refractivity contribution is -0.122. The number of unbranched alkanes of at least 4 members (excludes halogenated alkanes) is 5. The van der Waals surface area contributed by atoms with Crippen LogP contribution in [-0.4, -0.2) is 38.1 Å². The van der Waals surface area contributed by atoms with Gasteiger partial charge < -0.3 is 4.74 Å². The summed E-state index contributed by atoms with van der Waals surface area (Å²) in [4.78, 5) is 15.7.